The number of allylic oxidation sites excluding steroid dienone is 1. The van der Waals surface area contributed by atoms with E-state index in [1.54, 1.807) is 41.1 Å². The summed E-state index contributed by atoms with van der Waals surface area (Å²) in [6.45, 7) is 6.10. The third kappa shape index (κ3) is 5.95. The second-order valence-electron chi connectivity index (χ2n) is 6.24. The molecule has 1 N–H and O–H groups in total. The van der Waals surface area contributed by atoms with E-state index in [9.17, 15) is 14.0 Å². The molecule has 2 heterocycles. The number of thioether (sulfide) groups is 1. The number of aromatic nitrogens is 3. The van der Waals surface area contributed by atoms with Crippen molar-refractivity contribution in [3.05, 3.63) is 65.6 Å². The number of nitrogens with zero attached hydrogens (tertiary/aromatic N) is 3. The summed E-state index contributed by atoms with van der Waals surface area (Å²) in [5.41, 5.74) is 0.317. The molecule has 168 valence electrons. The van der Waals surface area contributed by atoms with E-state index >= 15 is 0 Å². The topological polar surface area (TPSA) is 95.3 Å². The zero-order valence-electron chi connectivity index (χ0n) is 17.2. The first kappa shape index (κ1) is 23.5. The number of esters is 1. The predicted molar refractivity (Wildman–Crippen MR) is 121 cm³/mol. The second kappa shape index (κ2) is 11.4. The van der Waals surface area contributed by atoms with Crippen LogP contribution in [0.2, 0.25) is 0 Å². The molecule has 2 aromatic heterocycles. The van der Waals surface area contributed by atoms with Gasteiger partial charge in [-0.2, -0.15) is 0 Å². The predicted octanol–water partition coefficient (Wildman–Crippen LogP) is 4.15. The van der Waals surface area contributed by atoms with Gasteiger partial charge in [0.1, 0.15) is 11.6 Å². The highest BCUT2D eigenvalue weighted by atomic mass is 32.2. The normalized spacial score (nSPS) is 10.6. The van der Waals surface area contributed by atoms with Crippen LogP contribution in [0.4, 0.5) is 9.39 Å². The lowest BCUT2D eigenvalue weighted by atomic mass is 10.3. The minimum atomic E-state index is -0.484. The Kier molecular flexibility index (Phi) is 8.40. The zero-order chi connectivity index (χ0) is 22.9. The number of nitrogens with one attached hydrogen (secondary N) is 1. The first-order chi connectivity index (χ1) is 15.5. The van der Waals surface area contributed by atoms with Crippen LogP contribution in [-0.2, 0) is 22.7 Å². The van der Waals surface area contributed by atoms with E-state index in [0.29, 0.717) is 28.1 Å². The fraction of sp³-hybridized carbons (Fsp3) is 0.238. The van der Waals surface area contributed by atoms with Crippen molar-refractivity contribution in [3.63, 3.8) is 0 Å². The Morgan fingerprint density at radius 3 is 2.88 bits per heavy atom. The number of anilines is 1. The van der Waals surface area contributed by atoms with E-state index in [1.807, 2.05) is 0 Å². The van der Waals surface area contributed by atoms with Crippen molar-refractivity contribution in [1.82, 2.24) is 14.8 Å². The Balaban J connectivity index is 1.62. The van der Waals surface area contributed by atoms with Gasteiger partial charge in [0.2, 0.25) is 5.91 Å². The van der Waals surface area contributed by atoms with Gasteiger partial charge in [-0.15, -0.1) is 28.1 Å². The lowest BCUT2D eigenvalue weighted by Crippen LogP contribution is -2.16. The monoisotopic (exact) mass is 476 g/mol. The Labute approximate surface area is 192 Å². The SMILES string of the molecule is C=CCn1c(COc2ccccc2F)nnc1SCC(=O)Nc1sccc1C(=O)OCC. The van der Waals surface area contributed by atoms with Crippen LogP contribution in [0.15, 0.2) is 53.5 Å². The van der Waals surface area contributed by atoms with Crippen molar-refractivity contribution in [2.75, 3.05) is 17.7 Å². The number of para-hydroxylation sites is 1. The standard InChI is InChI=1S/C21H21FN4O4S2/c1-3-10-26-17(12-30-16-8-6-5-7-15(16)22)24-25-21(26)32-13-18(27)23-19-14(9-11-31-19)20(28)29-4-2/h3,5-9,11H,1,4,10,12-13H2,2H3,(H,23,27). The van der Waals surface area contributed by atoms with Crippen LogP contribution >= 0.6 is 23.1 Å². The van der Waals surface area contributed by atoms with Crippen LogP contribution in [0, 0.1) is 5.82 Å². The average Bonchev–Trinajstić information content (AvgIpc) is 3.39. The molecule has 0 radical (unpaired) electrons. The third-order valence-electron chi connectivity index (χ3n) is 4.04. The summed E-state index contributed by atoms with van der Waals surface area (Å²) in [4.78, 5) is 24.4. The summed E-state index contributed by atoms with van der Waals surface area (Å²) in [6, 6.07) is 7.69. The van der Waals surface area contributed by atoms with Crippen LogP contribution in [0.1, 0.15) is 23.1 Å². The van der Waals surface area contributed by atoms with Crippen LogP contribution in [0.5, 0.6) is 5.75 Å². The Hall–Kier alpha value is -3.18. The van der Waals surface area contributed by atoms with Gasteiger partial charge >= 0.3 is 5.97 Å². The van der Waals surface area contributed by atoms with E-state index in [2.05, 4.69) is 22.1 Å². The number of amides is 1. The Bertz CT molecular complexity index is 1100. The van der Waals surface area contributed by atoms with Crippen LogP contribution in [-0.4, -0.2) is 39.0 Å². The fourth-order valence-corrected chi connectivity index (χ4v) is 4.18. The molecule has 0 spiro atoms. The number of hydrogen-bond acceptors (Lipinski definition) is 8. The molecule has 1 amide bonds. The van der Waals surface area contributed by atoms with E-state index in [0.717, 1.165) is 0 Å². The van der Waals surface area contributed by atoms with Gasteiger partial charge in [-0.25, -0.2) is 9.18 Å². The van der Waals surface area contributed by atoms with Crippen LogP contribution in [0.3, 0.4) is 0 Å². The van der Waals surface area contributed by atoms with Crippen molar-refractivity contribution < 1.29 is 23.5 Å². The number of benzene rings is 1. The van der Waals surface area contributed by atoms with Crippen molar-refractivity contribution >= 4 is 40.0 Å². The second-order valence-corrected chi connectivity index (χ2v) is 8.10. The lowest BCUT2D eigenvalue weighted by molar-refractivity contribution is -0.113. The number of carbonyl (C=O) groups excluding carboxylic acids is 2. The maximum absolute atomic E-state index is 13.8. The van der Waals surface area contributed by atoms with Gasteiger partial charge in [-0.3, -0.25) is 9.36 Å². The van der Waals surface area contributed by atoms with Gasteiger partial charge < -0.3 is 14.8 Å². The molecule has 0 unspecified atom stereocenters. The van der Waals surface area contributed by atoms with Gasteiger partial charge in [0, 0.05) is 6.54 Å². The number of rotatable bonds is 11. The van der Waals surface area contributed by atoms with Crippen molar-refractivity contribution in [1.29, 1.82) is 0 Å². The summed E-state index contributed by atoms with van der Waals surface area (Å²) in [5, 5.41) is 13.6. The summed E-state index contributed by atoms with van der Waals surface area (Å²) in [6.07, 6.45) is 1.66. The largest absolute Gasteiger partial charge is 0.483 e. The number of thiophene rings is 1. The first-order valence-electron chi connectivity index (χ1n) is 9.61. The number of carbonyl (C=O) groups is 2. The molecule has 8 nitrogen and oxygen atoms in total. The minimum absolute atomic E-state index is 0.00657. The lowest BCUT2D eigenvalue weighted by Gasteiger charge is -2.10. The molecule has 0 saturated carbocycles. The maximum Gasteiger partial charge on any atom is 0.341 e. The molecule has 0 aliphatic carbocycles. The van der Waals surface area contributed by atoms with Crippen molar-refractivity contribution in [3.8, 4) is 5.75 Å². The molecule has 32 heavy (non-hydrogen) atoms. The minimum Gasteiger partial charge on any atom is -0.483 e. The van der Waals surface area contributed by atoms with E-state index < -0.39 is 11.8 Å². The molecule has 0 atom stereocenters. The molecule has 0 saturated heterocycles. The number of halogens is 1. The van der Waals surface area contributed by atoms with Crippen LogP contribution < -0.4 is 10.1 Å². The van der Waals surface area contributed by atoms with Gasteiger partial charge in [-0.1, -0.05) is 30.0 Å². The van der Waals surface area contributed by atoms with E-state index in [4.69, 9.17) is 9.47 Å². The molecule has 1 aromatic carbocycles. The molecule has 0 fully saturated rings. The van der Waals surface area contributed by atoms with Gasteiger partial charge in [-0.05, 0) is 30.5 Å². The van der Waals surface area contributed by atoms with Gasteiger partial charge in [0.25, 0.3) is 0 Å². The summed E-state index contributed by atoms with van der Waals surface area (Å²) in [7, 11) is 0. The van der Waals surface area contributed by atoms with Crippen molar-refractivity contribution in [2.24, 2.45) is 0 Å². The van der Waals surface area contributed by atoms with Gasteiger partial charge in [0.15, 0.2) is 22.5 Å². The summed E-state index contributed by atoms with van der Waals surface area (Å²) in [5.74, 6) is -0.628. The fourth-order valence-electron chi connectivity index (χ4n) is 2.62. The van der Waals surface area contributed by atoms with Gasteiger partial charge in [0.05, 0.1) is 17.9 Å². The molecule has 0 bridgehead atoms. The Morgan fingerprint density at radius 1 is 1.31 bits per heavy atom. The summed E-state index contributed by atoms with van der Waals surface area (Å²) >= 11 is 2.41. The molecular formula is C21H21FN4O4S2. The molecular weight excluding hydrogens is 455 g/mol. The van der Waals surface area contributed by atoms with E-state index in [-0.39, 0.29) is 30.6 Å². The van der Waals surface area contributed by atoms with Crippen LogP contribution in [0.25, 0.3) is 0 Å². The molecule has 0 aliphatic heterocycles. The van der Waals surface area contributed by atoms with E-state index in [1.165, 1.54) is 35.2 Å². The quantitative estimate of drug-likeness (QED) is 0.252. The Morgan fingerprint density at radius 2 is 2.12 bits per heavy atom. The zero-order valence-corrected chi connectivity index (χ0v) is 18.9. The average molecular weight is 477 g/mol. The highest BCUT2D eigenvalue weighted by Gasteiger charge is 2.18. The summed E-state index contributed by atoms with van der Waals surface area (Å²) < 4.78 is 26.0. The highest BCUT2D eigenvalue weighted by molar-refractivity contribution is 7.99. The first-order valence-corrected chi connectivity index (χ1v) is 11.5. The third-order valence-corrected chi connectivity index (χ3v) is 5.84. The number of ether oxygens (including phenoxy) is 2. The number of hydrogen-bond donors (Lipinski definition) is 1. The van der Waals surface area contributed by atoms with Crippen molar-refractivity contribution in [2.45, 2.75) is 25.2 Å². The molecule has 3 rings (SSSR count). The smallest absolute Gasteiger partial charge is 0.341 e. The maximum atomic E-state index is 13.8. The highest BCUT2D eigenvalue weighted by Crippen LogP contribution is 2.25. The molecule has 3 aromatic rings. The molecule has 11 heteroatoms. The molecule has 0 aliphatic rings.